The average Bonchev–Trinajstić information content (AvgIpc) is 2.45. The molecular formula is C13H19NO5S. The van der Waals surface area contributed by atoms with E-state index in [0.29, 0.717) is 0 Å². The normalized spacial score (nSPS) is 11.1. The van der Waals surface area contributed by atoms with Gasteiger partial charge >= 0.3 is 5.97 Å². The van der Waals surface area contributed by atoms with E-state index in [1.807, 2.05) is 0 Å². The fourth-order valence-electron chi connectivity index (χ4n) is 1.52. The number of methoxy groups -OCH3 is 2. The SMILES string of the molecule is COC(=O)CCCS(=O)(=O)NCc1ccc(OC)cc1. The minimum absolute atomic E-state index is 0.0972. The standard InChI is InChI=1S/C13H19NO5S/c1-18-12-7-5-11(6-8-12)10-14-20(16,17)9-3-4-13(15)19-2/h5-8,14H,3-4,9-10H2,1-2H3. The summed E-state index contributed by atoms with van der Waals surface area (Å²) in [6.45, 7) is 0.213. The third kappa shape index (κ3) is 6.03. The second-order valence-corrected chi connectivity index (χ2v) is 6.09. The highest BCUT2D eigenvalue weighted by Crippen LogP contribution is 2.11. The van der Waals surface area contributed by atoms with Crippen molar-refractivity contribution in [1.82, 2.24) is 4.72 Å². The van der Waals surface area contributed by atoms with E-state index in [0.717, 1.165) is 11.3 Å². The first-order chi connectivity index (χ1) is 9.46. The number of rotatable bonds is 8. The molecule has 1 N–H and O–H groups in total. The molecule has 112 valence electrons. The lowest BCUT2D eigenvalue weighted by molar-refractivity contribution is -0.140. The highest BCUT2D eigenvalue weighted by atomic mass is 32.2. The zero-order valence-electron chi connectivity index (χ0n) is 11.6. The molecule has 0 aliphatic heterocycles. The van der Waals surface area contributed by atoms with E-state index in [9.17, 15) is 13.2 Å². The Kier molecular flexibility index (Phi) is 6.47. The number of carbonyl (C=O) groups excluding carboxylic acids is 1. The Morgan fingerprint density at radius 2 is 1.85 bits per heavy atom. The molecule has 0 aliphatic carbocycles. The van der Waals surface area contributed by atoms with E-state index in [1.165, 1.54) is 7.11 Å². The molecule has 7 heteroatoms. The van der Waals surface area contributed by atoms with Crippen LogP contribution in [0.15, 0.2) is 24.3 Å². The van der Waals surface area contributed by atoms with E-state index in [-0.39, 0.29) is 25.1 Å². The van der Waals surface area contributed by atoms with Crippen molar-refractivity contribution in [3.05, 3.63) is 29.8 Å². The van der Waals surface area contributed by atoms with Crippen LogP contribution in [0.4, 0.5) is 0 Å². The predicted octanol–water partition coefficient (Wildman–Crippen LogP) is 1.07. The smallest absolute Gasteiger partial charge is 0.305 e. The quantitative estimate of drug-likeness (QED) is 0.726. The summed E-state index contributed by atoms with van der Waals surface area (Å²) in [6.07, 6.45) is 0.338. The Hall–Kier alpha value is -1.60. The van der Waals surface area contributed by atoms with Crippen LogP contribution in [-0.2, 0) is 26.1 Å². The third-order valence-corrected chi connectivity index (χ3v) is 4.09. The Labute approximate surface area is 119 Å². The topological polar surface area (TPSA) is 81.7 Å². The van der Waals surface area contributed by atoms with Gasteiger partial charge in [0.15, 0.2) is 0 Å². The summed E-state index contributed by atoms with van der Waals surface area (Å²) in [5.74, 6) is 0.211. The van der Waals surface area contributed by atoms with Gasteiger partial charge in [0.1, 0.15) is 5.75 Å². The molecule has 20 heavy (non-hydrogen) atoms. The highest BCUT2D eigenvalue weighted by Gasteiger charge is 2.11. The van der Waals surface area contributed by atoms with Crippen molar-refractivity contribution < 1.29 is 22.7 Å². The molecule has 1 aromatic carbocycles. The minimum Gasteiger partial charge on any atom is -0.497 e. The largest absolute Gasteiger partial charge is 0.497 e. The molecule has 0 fully saturated rings. The van der Waals surface area contributed by atoms with Gasteiger partial charge in [0.2, 0.25) is 10.0 Å². The summed E-state index contributed by atoms with van der Waals surface area (Å²) in [7, 11) is -0.543. The fraction of sp³-hybridized carbons (Fsp3) is 0.462. The second kappa shape index (κ2) is 7.86. The third-order valence-electron chi connectivity index (χ3n) is 2.68. The number of ether oxygens (including phenoxy) is 2. The molecule has 0 saturated heterocycles. The molecule has 0 aliphatic rings. The maximum absolute atomic E-state index is 11.7. The summed E-state index contributed by atoms with van der Waals surface area (Å²) < 4.78 is 35.4. The van der Waals surface area contributed by atoms with Gasteiger partial charge in [0.05, 0.1) is 20.0 Å². The lowest BCUT2D eigenvalue weighted by Gasteiger charge is -2.07. The average molecular weight is 301 g/mol. The van der Waals surface area contributed by atoms with Crippen molar-refractivity contribution in [3.63, 3.8) is 0 Å². The number of carbonyl (C=O) groups is 1. The van der Waals surface area contributed by atoms with Crippen LogP contribution < -0.4 is 9.46 Å². The van der Waals surface area contributed by atoms with Gasteiger partial charge in [-0.05, 0) is 24.1 Å². The maximum Gasteiger partial charge on any atom is 0.305 e. The molecule has 1 aromatic rings. The van der Waals surface area contributed by atoms with Gasteiger partial charge in [-0.15, -0.1) is 0 Å². The molecule has 0 aromatic heterocycles. The molecule has 0 saturated carbocycles. The van der Waals surface area contributed by atoms with Crippen molar-refractivity contribution in [2.75, 3.05) is 20.0 Å². The Balaban J connectivity index is 2.40. The van der Waals surface area contributed by atoms with Gasteiger partial charge in [-0.2, -0.15) is 0 Å². The van der Waals surface area contributed by atoms with Crippen LogP contribution in [0, 0.1) is 0 Å². The summed E-state index contributed by atoms with van der Waals surface area (Å²) in [5.41, 5.74) is 0.836. The monoisotopic (exact) mass is 301 g/mol. The van der Waals surface area contributed by atoms with E-state index in [1.54, 1.807) is 31.4 Å². The second-order valence-electron chi connectivity index (χ2n) is 4.17. The molecule has 6 nitrogen and oxygen atoms in total. The van der Waals surface area contributed by atoms with Gasteiger partial charge in [-0.3, -0.25) is 4.79 Å². The molecular weight excluding hydrogens is 282 g/mol. The number of benzene rings is 1. The first-order valence-corrected chi connectivity index (χ1v) is 7.79. The van der Waals surface area contributed by atoms with E-state index < -0.39 is 16.0 Å². The number of hydrogen-bond acceptors (Lipinski definition) is 5. The Bertz CT molecular complexity index is 524. The number of hydrogen-bond donors (Lipinski definition) is 1. The maximum atomic E-state index is 11.7. The Morgan fingerprint density at radius 1 is 1.20 bits per heavy atom. The molecule has 1 rings (SSSR count). The van der Waals surface area contributed by atoms with Crippen LogP contribution >= 0.6 is 0 Å². The van der Waals surface area contributed by atoms with Gasteiger partial charge in [0.25, 0.3) is 0 Å². The van der Waals surface area contributed by atoms with Crippen molar-refractivity contribution in [3.8, 4) is 5.75 Å². The van der Waals surface area contributed by atoms with Crippen LogP contribution in [0.1, 0.15) is 18.4 Å². The van der Waals surface area contributed by atoms with E-state index in [4.69, 9.17) is 4.74 Å². The molecule has 0 atom stereocenters. The molecule has 0 radical (unpaired) electrons. The summed E-state index contributed by atoms with van der Waals surface area (Å²) in [4.78, 5) is 10.9. The van der Waals surface area contributed by atoms with E-state index in [2.05, 4.69) is 9.46 Å². The minimum atomic E-state index is -3.39. The molecule has 0 unspecified atom stereocenters. The predicted molar refractivity (Wildman–Crippen MR) is 74.9 cm³/mol. The van der Waals surface area contributed by atoms with Crippen LogP contribution in [0.5, 0.6) is 5.75 Å². The first-order valence-electron chi connectivity index (χ1n) is 6.14. The van der Waals surface area contributed by atoms with E-state index >= 15 is 0 Å². The van der Waals surface area contributed by atoms with Crippen molar-refractivity contribution in [2.45, 2.75) is 19.4 Å². The summed E-state index contributed by atoms with van der Waals surface area (Å²) >= 11 is 0. The van der Waals surface area contributed by atoms with Crippen LogP contribution in [-0.4, -0.2) is 34.4 Å². The number of esters is 1. The van der Waals surface area contributed by atoms with Crippen molar-refractivity contribution in [2.24, 2.45) is 0 Å². The zero-order chi connectivity index (χ0) is 15.0. The fourth-order valence-corrected chi connectivity index (χ4v) is 2.57. The van der Waals surface area contributed by atoms with Crippen LogP contribution in [0.25, 0.3) is 0 Å². The summed E-state index contributed by atoms with van der Waals surface area (Å²) in [6, 6.07) is 7.10. The lowest BCUT2D eigenvalue weighted by Crippen LogP contribution is -2.26. The first kappa shape index (κ1) is 16.5. The zero-order valence-corrected chi connectivity index (χ0v) is 12.4. The van der Waals surface area contributed by atoms with Crippen molar-refractivity contribution in [1.29, 1.82) is 0 Å². The van der Waals surface area contributed by atoms with Gasteiger partial charge < -0.3 is 9.47 Å². The molecule has 0 amide bonds. The molecule has 0 spiro atoms. The lowest BCUT2D eigenvalue weighted by atomic mass is 10.2. The number of sulfonamides is 1. The van der Waals surface area contributed by atoms with Gasteiger partial charge in [-0.1, -0.05) is 12.1 Å². The summed E-state index contributed by atoms with van der Waals surface area (Å²) in [5, 5.41) is 0. The Morgan fingerprint density at radius 3 is 2.40 bits per heavy atom. The molecule has 0 heterocycles. The van der Waals surface area contributed by atoms with Crippen LogP contribution in [0.2, 0.25) is 0 Å². The van der Waals surface area contributed by atoms with Crippen molar-refractivity contribution >= 4 is 16.0 Å². The van der Waals surface area contributed by atoms with Crippen LogP contribution in [0.3, 0.4) is 0 Å². The molecule has 0 bridgehead atoms. The highest BCUT2D eigenvalue weighted by molar-refractivity contribution is 7.89. The van der Waals surface area contributed by atoms with Gasteiger partial charge in [0, 0.05) is 13.0 Å². The number of nitrogens with one attached hydrogen (secondary N) is 1. The van der Waals surface area contributed by atoms with Gasteiger partial charge in [-0.25, -0.2) is 13.1 Å².